The molecule has 4 rings (SSSR count). The SMILES string of the molecule is Clc1cccc(-c2ncc3cc(N4CCNCC4)ccn23)c1. The molecular weight excluding hydrogens is 296 g/mol. The number of benzene rings is 1. The van der Waals surface area contributed by atoms with Crippen LogP contribution in [0.1, 0.15) is 0 Å². The summed E-state index contributed by atoms with van der Waals surface area (Å²) in [7, 11) is 0. The number of hydrogen-bond acceptors (Lipinski definition) is 3. The Kier molecular flexibility index (Phi) is 3.48. The van der Waals surface area contributed by atoms with Gasteiger partial charge in [0.1, 0.15) is 5.82 Å². The van der Waals surface area contributed by atoms with Gasteiger partial charge in [0.25, 0.3) is 0 Å². The Morgan fingerprint density at radius 2 is 1.95 bits per heavy atom. The van der Waals surface area contributed by atoms with Gasteiger partial charge in [-0.3, -0.25) is 4.40 Å². The lowest BCUT2D eigenvalue weighted by Crippen LogP contribution is -2.43. The van der Waals surface area contributed by atoms with Gasteiger partial charge in [0.05, 0.1) is 11.7 Å². The van der Waals surface area contributed by atoms with Gasteiger partial charge in [0.2, 0.25) is 0 Å². The Balaban J connectivity index is 1.74. The third-order valence-corrected chi connectivity index (χ3v) is 4.32. The Bertz CT molecular complexity index is 805. The predicted molar refractivity (Wildman–Crippen MR) is 90.7 cm³/mol. The standard InChI is InChI=1S/C17H17ClN4/c18-14-3-1-2-13(10-14)17-20-12-16-11-15(4-7-22(16)17)21-8-5-19-6-9-21/h1-4,7,10-12,19H,5-6,8-9H2. The number of anilines is 1. The van der Waals surface area contributed by atoms with E-state index in [9.17, 15) is 0 Å². The van der Waals surface area contributed by atoms with E-state index in [-0.39, 0.29) is 0 Å². The fourth-order valence-corrected chi connectivity index (χ4v) is 3.14. The van der Waals surface area contributed by atoms with Gasteiger partial charge in [-0.1, -0.05) is 23.7 Å². The molecule has 0 bridgehead atoms. The normalized spacial score (nSPS) is 15.4. The molecule has 4 nitrogen and oxygen atoms in total. The molecule has 1 saturated heterocycles. The van der Waals surface area contributed by atoms with Crippen molar-refractivity contribution < 1.29 is 0 Å². The number of piperazine rings is 1. The highest BCUT2D eigenvalue weighted by atomic mass is 35.5. The number of pyridine rings is 1. The largest absolute Gasteiger partial charge is 0.369 e. The first-order valence-corrected chi connectivity index (χ1v) is 7.88. The molecule has 1 aliphatic heterocycles. The molecular formula is C17H17ClN4. The quantitative estimate of drug-likeness (QED) is 0.789. The average molecular weight is 313 g/mol. The highest BCUT2D eigenvalue weighted by Gasteiger charge is 2.12. The number of halogens is 1. The lowest BCUT2D eigenvalue weighted by atomic mass is 10.2. The highest BCUT2D eigenvalue weighted by molar-refractivity contribution is 6.30. The summed E-state index contributed by atoms with van der Waals surface area (Å²) in [5.74, 6) is 0.921. The van der Waals surface area contributed by atoms with Gasteiger partial charge in [-0.15, -0.1) is 0 Å². The molecule has 1 aliphatic rings. The van der Waals surface area contributed by atoms with Crippen LogP contribution in [0.3, 0.4) is 0 Å². The third kappa shape index (κ3) is 2.45. The molecule has 3 heterocycles. The molecule has 3 aromatic rings. The van der Waals surface area contributed by atoms with Crippen LogP contribution in [-0.4, -0.2) is 35.6 Å². The summed E-state index contributed by atoms with van der Waals surface area (Å²) in [6, 6.07) is 12.2. The zero-order valence-corrected chi connectivity index (χ0v) is 12.9. The molecule has 2 aromatic heterocycles. The lowest BCUT2D eigenvalue weighted by Gasteiger charge is -2.29. The van der Waals surface area contributed by atoms with Gasteiger partial charge < -0.3 is 10.2 Å². The molecule has 1 fully saturated rings. The van der Waals surface area contributed by atoms with E-state index in [0.717, 1.165) is 48.1 Å². The van der Waals surface area contributed by atoms with Crippen molar-refractivity contribution in [2.45, 2.75) is 0 Å². The number of nitrogens with one attached hydrogen (secondary N) is 1. The van der Waals surface area contributed by atoms with Crippen molar-refractivity contribution in [3.05, 3.63) is 53.8 Å². The first-order chi connectivity index (χ1) is 10.8. The summed E-state index contributed by atoms with van der Waals surface area (Å²) < 4.78 is 2.11. The molecule has 0 unspecified atom stereocenters. The molecule has 1 N–H and O–H groups in total. The fraction of sp³-hybridized carbons (Fsp3) is 0.235. The summed E-state index contributed by atoms with van der Waals surface area (Å²) >= 11 is 6.09. The second kappa shape index (κ2) is 5.63. The van der Waals surface area contributed by atoms with E-state index < -0.39 is 0 Å². The smallest absolute Gasteiger partial charge is 0.144 e. The molecule has 22 heavy (non-hydrogen) atoms. The number of rotatable bonds is 2. The van der Waals surface area contributed by atoms with E-state index in [1.807, 2.05) is 30.5 Å². The maximum absolute atomic E-state index is 6.09. The van der Waals surface area contributed by atoms with Crippen molar-refractivity contribution in [2.24, 2.45) is 0 Å². The molecule has 5 heteroatoms. The minimum absolute atomic E-state index is 0.728. The van der Waals surface area contributed by atoms with Crippen LogP contribution in [0.25, 0.3) is 16.9 Å². The summed E-state index contributed by atoms with van der Waals surface area (Å²) in [5, 5.41) is 4.11. The number of fused-ring (bicyclic) bond motifs is 1. The summed E-state index contributed by atoms with van der Waals surface area (Å²) in [6.07, 6.45) is 4.01. The van der Waals surface area contributed by atoms with Crippen molar-refractivity contribution in [2.75, 3.05) is 31.1 Å². The van der Waals surface area contributed by atoms with Crippen molar-refractivity contribution >= 4 is 22.8 Å². The van der Waals surface area contributed by atoms with Crippen molar-refractivity contribution in [3.8, 4) is 11.4 Å². The minimum atomic E-state index is 0.728. The monoisotopic (exact) mass is 312 g/mol. The van der Waals surface area contributed by atoms with Crippen LogP contribution in [0.2, 0.25) is 5.02 Å². The molecule has 0 atom stereocenters. The Labute approximate surface area is 134 Å². The van der Waals surface area contributed by atoms with E-state index >= 15 is 0 Å². The Morgan fingerprint density at radius 1 is 1.09 bits per heavy atom. The number of imidazole rings is 1. The van der Waals surface area contributed by atoms with Gasteiger partial charge in [-0.05, 0) is 24.3 Å². The topological polar surface area (TPSA) is 32.6 Å². The molecule has 0 saturated carbocycles. The van der Waals surface area contributed by atoms with Crippen LogP contribution < -0.4 is 10.2 Å². The zero-order valence-electron chi connectivity index (χ0n) is 12.2. The maximum Gasteiger partial charge on any atom is 0.144 e. The van der Waals surface area contributed by atoms with Crippen molar-refractivity contribution in [1.82, 2.24) is 14.7 Å². The van der Waals surface area contributed by atoms with E-state index in [2.05, 4.69) is 37.9 Å². The van der Waals surface area contributed by atoms with Gasteiger partial charge in [-0.2, -0.15) is 0 Å². The van der Waals surface area contributed by atoms with Crippen LogP contribution in [0, 0.1) is 0 Å². The van der Waals surface area contributed by atoms with Crippen LogP contribution in [-0.2, 0) is 0 Å². The van der Waals surface area contributed by atoms with Crippen LogP contribution >= 0.6 is 11.6 Å². The Morgan fingerprint density at radius 3 is 2.77 bits per heavy atom. The number of hydrogen-bond donors (Lipinski definition) is 1. The fourth-order valence-electron chi connectivity index (χ4n) is 2.95. The maximum atomic E-state index is 6.09. The van der Waals surface area contributed by atoms with E-state index in [1.165, 1.54) is 5.69 Å². The van der Waals surface area contributed by atoms with Gasteiger partial charge >= 0.3 is 0 Å². The average Bonchev–Trinajstić information content (AvgIpc) is 2.99. The molecule has 0 aliphatic carbocycles. The summed E-state index contributed by atoms with van der Waals surface area (Å²) in [5.41, 5.74) is 3.39. The number of aromatic nitrogens is 2. The molecule has 112 valence electrons. The van der Waals surface area contributed by atoms with Crippen LogP contribution in [0.5, 0.6) is 0 Å². The van der Waals surface area contributed by atoms with Crippen LogP contribution in [0.4, 0.5) is 5.69 Å². The first-order valence-electron chi connectivity index (χ1n) is 7.50. The van der Waals surface area contributed by atoms with Gasteiger partial charge in [-0.25, -0.2) is 4.98 Å². The van der Waals surface area contributed by atoms with E-state index in [1.54, 1.807) is 0 Å². The van der Waals surface area contributed by atoms with Crippen molar-refractivity contribution in [3.63, 3.8) is 0 Å². The van der Waals surface area contributed by atoms with Gasteiger partial charge in [0, 0.05) is 48.6 Å². The second-order valence-corrected chi connectivity index (χ2v) is 5.95. The predicted octanol–water partition coefficient (Wildman–Crippen LogP) is 3.06. The van der Waals surface area contributed by atoms with Crippen LogP contribution in [0.15, 0.2) is 48.8 Å². The molecule has 0 spiro atoms. The highest BCUT2D eigenvalue weighted by Crippen LogP contribution is 2.25. The molecule has 0 radical (unpaired) electrons. The first kappa shape index (κ1) is 13.6. The van der Waals surface area contributed by atoms with E-state index in [4.69, 9.17) is 11.6 Å². The zero-order chi connectivity index (χ0) is 14.9. The second-order valence-electron chi connectivity index (χ2n) is 5.51. The van der Waals surface area contributed by atoms with Crippen molar-refractivity contribution in [1.29, 1.82) is 0 Å². The number of nitrogens with zero attached hydrogens (tertiary/aromatic N) is 3. The molecule has 0 amide bonds. The summed E-state index contributed by atoms with van der Waals surface area (Å²) in [4.78, 5) is 6.97. The van der Waals surface area contributed by atoms with Gasteiger partial charge in [0.15, 0.2) is 0 Å². The minimum Gasteiger partial charge on any atom is -0.369 e. The Hall–Kier alpha value is -2.04. The molecule has 1 aromatic carbocycles. The van der Waals surface area contributed by atoms with E-state index in [0.29, 0.717) is 0 Å². The summed E-state index contributed by atoms with van der Waals surface area (Å²) in [6.45, 7) is 4.17. The third-order valence-electron chi connectivity index (χ3n) is 4.08. The lowest BCUT2D eigenvalue weighted by molar-refractivity contribution is 0.589.